The summed E-state index contributed by atoms with van der Waals surface area (Å²) in [6.07, 6.45) is 4.50. The van der Waals surface area contributed by atoms with Crippen molar-refractivity contribution in [1.82, 2.24) is 29.3 Å². The molecule has 47 heavy (non-hydrogen) atoms. The molecular formula is C36H44N6O5. The highest BCUT2D eigenvalue weighted by Gasteiger charge is 2.38. The molecular weight excluding hydrogens is 596 g/mol. The fraction of sp³-hybridized carbons (Fsp3) is 0.472. The van der Waals surface area contributed by atoms with Crippen LogP contribution in [-0.2, 0) is 17.6 Å². The molecule has 1 aliphatic carbocycles. The van der Waals surface area contributed by atoms with E-state index in [-0.39, 0.29) is 17.7 Å². The van der Waals surface area contributed by atoms with Gasteiger partial charge in [0.15, 0.2) is 5.82 Å². The van der Waals surface area contributed by atoms with Crippen molar-refractivity contribution in [2.24, 2.45) is 0 Å². The third-order valence-electron chi connectivity index (χ3n) is 9.56. The van der Waals surface area contributed by atoms with E-state index in [2.05, 4.69) is 24.0 Å². The predicted molar refractivity (Wildman–Crippen MR) is 180 cm³/mol. The number of aryl methyl sites for hydroxylation is 2. The van der Waals surface area contributed by atoms with Gasteiger partial charge >= 0.3 is 5.76 Å². The molecule has 0 amide bonds. The van der Waals surface area contributed by atoms with E-state index < -0.39 is 17.0 Å². The van der Waals surface area contributed by atoms with Gasteiger partial charge in [-0.15, -0.1) is 0 Å². The summed E-state index contributed by atoms with van der Waals surface area (Å²) >= 11 is 0. The van der Waals surface area contributed by atoms with E-state index in [0.717, 1.165) is 54.5 Å². The maximum absolute atomic E-state index is 14.7. The van der Waals surface area contributed by atoms with E-state index in [0.29, 0.717) is 41.4 Å². The first-order valence-corrected chi connectivity index (χ1v) is 16.5. The van der Waals surface area contributed by atoms with Gasteiger partial charge in [-0.25, -0.2) is 9.31 Å². The van der Waals surface area contributed by atoms with Gasteiger partial charge in [-0.1, -0.05) is 61.0 Å². The Labute approximate surface area is 273 Å². The zero-order chi connectivity index (χ0) is 33.5. The monoisotopic (exact) mass is 640 g/mol. The number of aromatic nitrogens is 6. The summed E-state index contributed by atoms with van der Waals surface area (Å²) in [5.74, 6) is 0.878. The molecule has 0 saturated heterocycles. The minimum atomic E-state index is -0.950. The number of nitrogens with zero attached hydrogens (tertiary/aromatic N) is 5. The Kier molecular flexibility index (Phi) is 8.80. The topological polar surface area (TPSA) is 141 Å². The van der Waals surface area contributed by atoms with Gasteiger partial charge in [-0.05, 0) is 89.5 Å². The SMILES string of the molecule is CCCc1c(Cc2ccc(-c3ccccc3)c(-c3noc(=O)[nH]3)c2)c(=O)n(C2CCC(C)(OC(C)C(C)(C)O)CC2)c2nc(C)nn12. The quantitative estimate of drug-likeness (QED) is 0.195. The number of benzene rings is 2. The maximum Gasteiger partial charge on any atom is 0.439 e. The lowest BCUT2D eigenvalue weighted by Crippen LogP contribution is -2.45. The summed E-state index contributed by atoms with van der Waals surface area (Å²) in [5.41, 5.74) is 3.59. The fourth-order valence-corrected chi connectivity index (χ4v) is 6.71. The molecule has 2 N–H and O–H groups in total. The highest BCUT2D eigenvalue weighted by atomic mass is 16.5. The molecule has 11 heteroatoms. The number of rotatable bonds is 10. The maximum atomic E-state index is 14.7. The van der Waals surface area contributed by atoms with E-state index >= 15 is 0 Å². The van der Waals surface area contributed by atoms with Gasteiger partial charge in [0.2, 0.25) is 5.78 Å². The van der Waals surface area contributed by atoms with E-state index in [4.69, 9.17) is 19.3 Å². The molecule has 6 rings (SSSR count). The summed E-state index contributed by atoms with van der Waals surface area (Å²) in [5, 5.41) is 19.3. The van der Waals surface area contributed by atoms with Gasteiger partial charge in [0.1, 0.15) is 5.82 Å². The van der Waals surface area contributed by atoms with Gasteiger partial charge in [-0.2, -0.15) is 10.1 Å². The number of nitrogens with one attached hydrogen (secondary N) is 1. The largest absolute Gasteiger partial charge is 0.439 e. The van der Waals surface area contributed by atoms with Crippen molar-refractivity contribution in [2.75, 3.05) is 0 Å². The summed E-state index contributed by atoms with van der Waals surface area (Å²) in [7, 11) is 0. The van der Waals surface area contributed by atoms with Gasteiger partial charge in [0, 0.05) is 23.6 Å². The van der Waals surface area contributed by atoms with Crippen LogP contribution >= 0.6 is 0 Å². The molecule has 1 atom stereocenters. The van der Waals surface area contributed by atoms with E-state index in [1.807, 2.05) is 71.5 Å². The van der Waals surface area contributed by atoms with Crippen LogP contribution in [0.4, 0.5) is 0 Å². The Bertz CT molecular complexity index is 1990. The predicted octanol–water partition coefficient (Wildman–Crippen LogP) is 5.80. The van der Waals surface area contributed by atoms with Crippen molar-refractivity contribution in [3.63, 3.8) is 0 Å². The van der Waals surface area contributed by atoms with Gasteiger partial charge < -0.3 is 9.84 Å². The zero-order valence-corrected chi connectivity index (χ0v) is 28.0. The van der Waals surface area contributed by atoms with Crippen molar-refractivity contribution >= 4 is 5.78 Å². The van der Waals surface area contributed by atoms with Crippen molar-refractivity contribution in [1.29, 1.82) is 0 Å². The number of H-pyrrole nitrogens is 1. The molecule has 0 bridgehead atoms. The number of fused-ring (bicyclic) bond motifs is 1. The van der Waals surface area contributed by atoms with Crippen LogP contribution in [0, 0.1) is 6.92 Å². The first-order valence-electron chi connectivity index (χ1n) is 16.5. The van der Waals surface area contributed by atoms with E-state index in [1.54, 1.807) is 13.8 Å². The average molecular weight is 641 g/mol. The van der Waals surface area contributed by atoms with Crippen LogP contribution in [0.3, 0.4) is 0 Å². The third-order valence-corrected chi connectivity index (χ3v) is 9.56. The molecule has 0 spiro atoms. The number of aromatic amines is 1. The molecule has 1 saturated carbocycles. The number of aliphatic hydroxyl groups is 1. The molecule has 248 valence electrons. The average Bonchev–Trinajstić information content (AvgIpc) is 3.64. The summed E-state index contributed by atoms with van der Waals surface area (Å²) in [6, 6.07) is 15.8. The van der Waals surface area contributed by atoms with Crippen LogP contribution in [0.15, 0.2) is 62.6 Å². The molecule has 1 fully saturated rings. The highest BCUT2D eigenvalue weighted by molar-refractivity contribution is 5.81. The number of hydrogen-bond acceptors (Lipinski definition) is 8. The molecule has 0 radical (unpaired) electrons. The highest BCUT2D eigenvalue weighted by Crippen LogP contribution is 2.39. The Hall–Kier alpha value is -4.35. The molecule has 5 aromatic rings. The molecule has 11 nitrogen and oxygen atoms in total. The second-order valence-electron chi connectivity index (χ2n) is 13.7. The molecule has 2 aromatic carbocycles. The van der Waals surface area contributed by atoms with Crippen LogP contribution in [0.5, 0.6) is 0 Å². The number of hydrogen-bond donors (Lipinski definition) is 2. The second-order valence-corrected chi connectivity index (χ2v) is 13.7. The van der Waals surface area contributed by atoms with E-state index in [1.165, 1.54) is 0 Å². The van der Waals surface area contributed by atoms with Crippen molar-refractivity contribution in [3.05, 3.63) is 92.1 Å². The minimum absolute atomic E-state index is 0.0590. The summed E-state index contributed by atoms with van der Waals surface area (Å²) < 4.78 is 15.0. The minimum Gasteiger partial charge on any atom is -0.388 e. The van der Waals surface area contributed by atoms with Gasteiger partial charge in [0.25, 0.3) is 5.56 Å². The van der Waals surface area contributed by atoms with Crippen LogP contribution in [0.25, 0.3) is 28.3 Å². The Morgan fingerprint density at radius 2 is 1.85 bits per heavy atom. The smallest absolute Gasteiger partial charge is 0.388 e. The van der Waals surface area contributed by atoms with Crippen LogP contribution in [0.2, 0.25) is 0 Å². The van der Waals surface area contributed by atoms with Crippen molar-refractivity contribution < 1.29 is 14.4 Å². The first kappa shape index (κ1) is 32.6. The molecule has 1 aliphatic rings. The lowest BCUT2D eigenvalue weighted by molar-refractivity contribution is -0.163. The first-order chi connectivity index (χ1) is 22.4. The van der Waals surface area contributed by atoms with Crippen LogP contribution in [0.1, 0.15) is 95.4 Å². The van der Waals surface area contributed by atoms with Crippen molar-refractivity contribution in [3.8, 4) is 22.5 Å². The van der Waals surface area contributed by atoms with Crippen LogP contribution < -0.4 is 11.3 Å². The Balaban J connectivity index is 1.42. The lowest BCUT2D eigenvalue weighted by atomic mass is 9.82. The third kappa shape index (κ3) is 6.59. The molecule has 1 unspecified atom stereocenters. The van der Waals surface area contributed by atoms with E-state index in [9.17, 15) is 14.7 Å². The molecule has 3 heterocycles. The standard InChI is InChI=1S/C36H44N6O5/c1-7-11-30-29(21-24-14-15-27(25-12-9-8-10-13-25)28(20-24)31-38-34(44)47-40-31)32(43)41(33-37-23(3)39-42(30)33)26-16-18-36(6,19-17-26)46-22(2)35(4,5)45/h8-10,12-15,20,22,26,45H,7,11,16-19,21H2,1-6H3,(H,38,40,44). The molecule has 0 aliphatic heterocycles. The molecule has 3 aromatic heterocycles. The number of ether oxygens (including phenoxy) is 1. The lowest BCUT2D eigenvalue weighted by Gasteiger charge is -2.42. The van der Waals surface area contributed by atoms with Crippen LogP contribution in [-0.4, -0.2) is 51.7 Å². The Morgan fingerprint density at radius 3 is 2.49 bits per heavy atom. The summed E-state index contributed by atoms with van der Waals surface area (Å²) in [6.45, 7) is 11.5. The van der Waals surface area contributed by atoms with Crippen molar-refractivity contribution in [2.45, 2.75) is 110 Å². The summed E-state index contributed by atoms with van der Waals surface area (Å²) in [4.78, 5) is 34.0. The second kappa shape index (κ2) is 12.7. The zero-order valence-electron chi connectivity index (χ0n) is 28.0. The Morgan fingerprint density at radius 1 is 1.13 bits per heavy atom. The fourth-order valence-electron chi connectivity index (χ4n) is 6.71. The van der Waals surface area contributed by atoms with Gasteiger partial charge in [-0.3, -0.25) is 18.9 Å². The normalized spacial score (nSPS) is 19.3. The van der Waals surface area contributed by atoms with Gasteiger partial charge in [0.05, 0.1) is 23.0 Å².